The van der Waals surface area contributed by atoms with Gasteiger partial charge in [-0.3, -0.25) is 19.3 Å². The van der Waals surface area contributed by atoms with Gasteiger partial charge in [0.05, 0.1) is 24.1 Å². The number of rotatable bonds is 6. The molecule has 2 aliphatic rings. The predicted molar refractivity (Wildman–Crippen MR) is 133 cm³/mol. The average Bonchev–Trinajstić information content (AvgIpc) is 2.73. The highest BCUT2D eigenvalue weighted by molar-refractivity contribution is 6.20. The minimum Gasteiger partial charge on any atom is -0.511 e. The van der Waals surface area contributed by atoms with Crippen molar-refractivity contribution in [3.63, 3.8) is 0 Å². The highest BCUT2D eigenvalue weighted by Crippen LogP contribution is 2.41. The first-order chi connectivity index (χ1) is 16.8. The van der Waals surface area contributed by atoms with E-state index in [9.17, 15) is 34.8 Å². The normalized spacial score (nSPS) is 27.2. The Balaban J connectivity index is 2.15. The van der Waals surface area contributed by atoms with Gasteiger partial charge in [0.2, 0.25) is 0 Å². The Morgan fingerprint density at radius 3 is 2.36 bits per heavy atom. The Morgan fingerprint density at radius 1 is 1.11 bits per heavy atom. The van der Waals surface area contributed by atoms with Crippen molar-refractivity contribution in [2.75, 3.05) is 34.7 Å². The van der Waals surface area contributed by atoms with Gasteiger partial charge in [-0.25, -0.2) is 0 Å². The molecule has 0 heterocycles. The predicted octanol–water partition coefficient (Wildman–Crippen LogP) is 1.00. The lowest BCUT2D eigenvalue weighted by atomic mass is 9.72. The number of Topliss-reactive ketones (excluding diaryl/α,β-unsaturated/α-hetero) is 2. The number of aromatic hydroxyl groups is 1. The number of hydrogen-bond acceptors (Lipinski definition) is 9. The zero-order chi connectivity index (χ0) is 26.9. The van der Waals surface area contributed by atoms with E-state index in [2.05, 4.69) is 0 Å². The fourth-order valence-electron chi connectivity index (χ4n) is 5.30. The molecule has 196 valence electrons. The number of nitrogens with two attached hydrogens (primary N) is 1. The second-order valence-electron chi connectivity index (χ2n) is 10.0. The summed E-state index contributed by atoms with van der Waals surface area (Å²) in [7, 11) is 7.06. The molecule has 0 unspecified atom stereocenters. The minimum absolute atomic E-state index is 0.0511. The van der Waals surface area contributed by atoms with E-state index in [0.29, 0.717) is 12.0 Å². The summed E-state index contributed by atoms with van der Waals surface area (Å²) < 4.78 is 0. The summed E-state index contributed by atoms with van der Waals surface area (Å²) >= 11 is 0. The van der Waals surface area contributed by atoms with Gasteiger partial charge in [-0.2, -0.15) is 0 Å². The summed E-state index contributed by atoms with van der Waals surface area (Å²) in [4.78, 5) is 42.1. The molecule has 3 atom stereocenters. The van der Waals surface area contributed by atoms with Gasteiger partial charge in [-0.05, 0) is 83.5 Å². The summed E-state index contributed by atoms with van der Waals surface area (Å²) in [6.45, 7) is 0.831. The highest BCUT2D eigenvalue weighted by Gasteiger charge is 2.41. The zero-order valence-electron chi connectivity index (χ0n) is 21.1. The molecule has 1 amide bonds. The lowest BCUT2D eigenvalue weighted by Crippen LogP contribution is -2.45. The average molecular weight is 502 g/mol. The number of ketones is 2. The number of aliphatic hydroxyl groups is 3. The molecule has 36 heavy (non-hydrogen) atoms. The van der Waals surface area contributed by atoms with Crippen molar-refractivity contribution in [3.05, 3.63) is 51.5 Å². The molecule has 1 aromatic carbocycles. The molecule has 0 radical (unpaired) electrons. The Labute approximate surface area is 210 Å². The topological polar surface area (TPSA) is 165 Å². The number of carbonyl (C=O) groups excluding carboxylic acids is 3. The van der Waals surface area contributed by atoms with E-state index < -0.39 is 59.0 Å². The van der Waals surface area contributed by atoms with Crippen LogP contribution in [-0.4, -0.2) is 94.6 Å². The fraction of sp³-hybridized carbons (Fsp3) is 0.500. The van der Waals surface area contributed by atoms with Crippen LogP contribution in [-0.2, 0) is 22.4 Å². The maximum Gasteiger partial charge on any atom is 0.255 e. The summed E-state index contributed by atoms with van der Waals surface area (Å²) in [5.74, 6) is -4.95. The SMILES string of the molecule is CN(C)CCCc1ccc(O)c2c1C[C@H]1C[C@H](O)[C@H](N(C)C)/C(O)=C(/C(N)=O)C(=O)C/C(O)=C\1C2=O. The van der Waals surface area contributed by atoms with Crippen LogP contribution in [0.2, 0.25) is 0 Å². The molecule has 0 aliphatic heterocycles. The first kappa shape index (κ1) is 27.4. The van der Waals surface area contributed by atoms with Gasteiger partial charge < -0.3 is 31.1 Å². The van der Waals surface area contributed by atoms with E-state index in [1.54, 1.807) is 20.2 Å². The van der Waals surface area contributed by atoms with Crippen LogP contribution in [0.1, 0.15) is 40.7 Å². The van der Waals surface area contributed by atoms with Crippen LogP contribution in [0.3, 0.4) is 0 Å². The van der Waals surface area contributed by atoms with Crippen molar-refractivity contribution in [1.29, 1.82) is 0 Å². The number of amides is 1. The van der Waals surface area contributed by atoms with Crippen LogP contribution in [0, 0.1) is 5.92 Å². The molecule has 0 spiro atoms. The Morgan fingerprint density at radius 2 is 1.78 bits per heavy atom. The quantitative estimate of drug-likeness (QED) is 0.358. The monoisotopic (exact) mass is 501 g/mol. The molecule has 0 saturated heterocycles. The molecular weight excluding hydrogens is 466 g/mol. The number of phenols is 1. The van der Waals surface area contributed by atoms with Gasteiger partial charge in [-0.1, -0.05) is 6.07 Å². The van der Waals surface area contributed by atoms with Crippen LogP contribution in [0.5, 0.6) is 5.75 Å². The molecule has 1 aromatic rings. The molecule has 3 rings (SSSR count). The number of fused-ring (bicyclic) bond motifs is 2. The van der Waals surface area contributed by atoms with Crippen LogP contribution >= 0.6 is 0 Å². The van der Waals surface area contributed by atoms with E-state index in [4.69, 9.17) is 5.73 Å². The lowest BCUT2D eigenvalue weighted by Gasteiger charge is -2.35. The molecule has 0 bridgehead atoms. The van der Waals surface area contributed by atoms with Crippen molar-refractivity contribution in [1.82, 2.24) is 9.80 Å². The third kappa shape index (κ3) is 5.30. The van der Waals surface area contributed by atoms with Crippen molar-refractivity contribution >= 4 is 17.5 Å². The fourth-order valence-corrected chi connectivity index (χ4v) is 5.30. The number of likely N-dealkylation sites (N-methyl/N-ethyl adjacent to an activating group) is 1. The van der Waals surface area contributed by atoms with Gasteiger partial charge >= 0.3 is 0 Å². The number of carbonyl (C=O) groups is 3. The second kappa shape index (κ2) is 10.8. The number of aryl methyl sites for hydroxylation is 1. The molecule has 0 saturated carbocycles. The van der Waals surface area contributed by atoms with Crippen molar-refractivity contribution in [3.8, 4) is 5.75 Å². The second-order valence-corrected chi connectivity index (χ2v) is 10.0. The van der Waals surface area contributed by atoms with Gasteiger partial charge in [0.15, 0.2) is 11.6 Å². The number of allylic oxidation sites excluding steroid dienone is 2. The van der Waals surface area contributed by atoms with E-state index in [-0.39, 0.29) is 29.7 Å². The summed E-state index contributed by atoms with van der Waals surface area (Å²) in [6, 6.07) is 2.09. The molecule has 6 N–H and O–H groups in total. The third-order valence-corrected chi connectivity index (χ3v) is 6.92. The minimum atomic E-state index is -1.31. The third-order valence-electron chi connectivity index (χ3n) is 6.92. The van der Waals surface area contributed by atoms with Crippen LogP contribution in [0.15, 0.2) is 34.8 Å². The molecule has 10 nitrogen and oxygen atoms in total. The maximum absolute atomic E-state index is 13.6. The molecule has 0 fully saturated rings. The maximum atomic E-state index is 13.6. The molecular formula is C26H35N3O7. The number of hydrogen-bond donors (Lipinski definition) is 5. The zero-order valence-corrected chi connectivity index (χ0v) is 21.1. The van der Waals surface area contributed by atoms with Crippen molar-refractivity contribution < 1.29 is 34.8 Å². The lowest BCUT2D eigenvalue weighted by molar-refractivity contribution is -0.121. The standard InChI is InChI=1S/C26H35N3O7/c1-28(2)9-5-6-13-7-8-16(30)21-15(13)10-14-11-19(33)23(29(3)4)25(35)22(26(27)36)18(32)12-17(31)20(14)24(21)34/h7-8,14,19,23,30-31,33,35H,5-6,9-12H2,1-4H3,(H2,27,36)/b20-17-,25-22-/t14-,19-,23-/m0/s1. The van der Waals surface area contributed by atoms with E-state index in [0.717, 1.165) is 18.5 Å². The van der Waals surface area contributed by atoms with Crippen LogP contribution in [0.4, 0.5) is 0 Å². The summed E-state index contributed by atoms with van der Waals surface area (Å²) in [5.41, 5.74) is 6.15. The van der Waals surface area contributed by atoms with Crippen LogP contribution in [0.25, 0.3) is 0 Å². The van der Waals surface area contributed by atoms with E-state index in [1.807, 2.05) is 19.0 Å². The smallest absolute Gasteiger partial charge is 0.255 e. The van der Waals surface area contributed by atoms with Gasteiger partial charge in [0, 0.05) is 5.57 Å². The number of aliphatic hydroxyl groups excluding tert-OH is 3. The Hall–Kier alpha value is -3.21. The van der Waals surface area contributed by atoms with Gasteiger partial charge in [0.1, 0.15) is 22.8 Å². The summed E-state index contributed by atoms with van der Waals surface area (Å²) in [6.07, 6.45) is -0.356. The largest absolute Gasteiger partial charge is 0.511 e. The van der Waals surface area contributed by atoms with Crippen molar-refractivity contribution in [2.24, 2.45) is 11.7 Å². The van der Waals surface area contributed by atoms with Crippen molar-refractivity contribution in [2.45, 2.75) is 44.2 Å². The van der Waals surface area contributed by atoms with Crippen LogP contribution < -0.4 is 5.73 Å². The number of nitrogens with zero attached hydrogens (tertiary/aromatic N) is 2. The number of benzene rings is 1. The number of phenolic OH excluding ortho intramolecular Hbond substituents is 1. The van der Waals surface area contributed by atoms with E-state index in [1.165, 1.54) is 11.0 Å². The van der Waals surface area contributed by atoms with E-state index >= 15 is 0 Å². The number of primary amides is 1. The Bertz CT molecular complexity index is 1140. The molecule has 2 aliphatic carbocycles. The molecule has 10 heteroatoms. The first-order valence-corrected chi connectivity index (χ1v) is 11.9. The first-order valence-electron chi connectivity index (χ1n) is 11.9. The molecule has 0 aromatic heterocycles. The van der Waals surface area contributed by atoms with Gasteiger partial charge in [0.25, 0.3) is 5.91 Å². The Kier molecular flexibility index (Phi) is 8.22. The summed E-state index contributed by atoms with van der Waals surface area (Å²) in [5, 5.41) is 43.4. The highest BCUT2D eigenvalue weighted by atomic mass is 16.3. The van der Waals surface area contributed by atoms with Gasteiger partial charge in [-0.15, -0.1) is 0 Å².